The van der Waals surface area contributed by atoms with Gasteiger partial charge < -0.3 is 14.2 Å². The largest absolute Gasteiger partial charge is 0.493 e. The van der Waals surface area contributed by atoms with Crippen LogP contribution in [0.3, 0.4) is 0 Å². The van der Waals surface area contributed by atoms with E-state index in [1.807, 2.05) is 0 Å². The third kappa shape index (κ3) is 4.41. The standard InChI is InChI=1S/C17H15F3O4/c1-10-3-5-12(8-13(10)18)16(21)23-9-11-4-6-14(24-17(19)20)15(7-11)22-2/h3-8,17H,9H2,1-2H3. The fraction of sp³-hybridized carbons (Fsp3) is 0.235. The summed E-state index contributed by atoms with van der Waals surface area (Å²) in [6, 6.07) is 8.20. The Bertz CT molecular complexity index is 732. The molecule has 4 nitrogen and oxygen atoms in total. The quantitative estimate of drug-likeness (QED) is 0.743. The Hall–Kier alpha value is -2.70. The van der Waals surface area contributed by atoms with Crippen LogP contribution in [0.1, 0.15) is 21.5 Å². The Balaban J connectivity index is 2.05. The van der Waals surface area contributed by atoms with Gasteiger partial charge in [-0.15, -0.1) is 0 Å². The van der Waals surface area contributed by atoms with Crippen LogP contribution in [0.15, 0.2) is 36.4 Å². The Labute approximate surface area is 136 Å². The minimum atomic E-state index is -2.97. The Morgan fingerprint density at radius 2 is 1.88 bits per heavy atom. The minimum absolute atomic E-state index is 0.0859. The summed E-state index contributed by atoms with van der Waals surface area (Å²) in [6.07, 6.45) is 0. The third-order valence-electron chi connectivity index (χ3n) is 3.22. The molecule has 128 valence electrons. The molecule has 0 atom stereocenters. The van der Waals surface area contributed by atoms with Gasteiger partial charge in [0, 0.05) is 0 Å². The molecule has 0 N–H and O–H groups in total. The lowest BCUT2D eigenvalue weighted by molar-refractivity contribution is -0.0512. The molecule has 0 heterocycles. The molecule has 0 radical (unpaired) electrons. The lowest BCUT2D eigenvalue weighted by Crippen LogP contribution is -2.07. The number of methoxy groups -OCH3 is 1. The maximum absolute atomic E-state index is 13.5. The van der Waals surface area contributed by atoms with Crippen LogP contribution < -0.4 is 9.47 Å². The number of aryl methyl sites for hydroxylation is 1. The molecule has 0 aliphatic rings. The van der Waals surface area contributed by atoms with Crippen LogP contribution in [0.25, 0.3) is 0 Å². The van der Waals surface area contributed by atoms with Crippen LogP contribution in [-0.2, 0) is 11.3 Å². The van der Waals surface area contributed by atoms with Gasteiger partial charge in [-0.25, -0.2) is 9.18 Å². The van der Waals surface area contributed by atoms with Crippen LogP contribution in [0.4, 0.5) is 13.2 Å². The lowest BCUT2D eigenvalue weighted by atomic mass is 10.1. The van der Waals surface area contributed by atoms with Gasteiger partial charge in [0.25, 0.3) is 0 Å². The Kier molecular flexibility index (Phi) is 5.68. The minimum Gasteiger partial charge on any atom is -0.493 e. The average Bonchev–Trinajstić information content (AvgIpc) is 2.55. The molecule has 2 aromatic carbocycles. The van der Waals surface area contributed by atoms with Gasteiger partial charge in [0.2, 0.25) is 0 Å². The molecule has 2 aromatic rings. The van der Waals surface area contributed by atoms with E-state index in [9.17, 15) is 18.0 Å². The van der Waals surface area contributed by atoms with Crippen LogP contribution in [0, 0.1) is 12.7 Å². The highest BCUT2D eigenvalue weighted by atomic mass is 19.3. The first-order chi connectivity index (χ1) is 11.4. The molecule has 0 unspecified atom stereocenters. The fourth-order valence-corrected chi connectivity index (χ4v) is 1.95. The molecule has 2 rings (SSSR count). The van der Waals surface area contributed by atoms with Crippen LogP contribution >= 0.6 is 0 Å². The van der Waals surface area contributed by atoms with Crippen molar-refractivity contribution in [2.45, 2.75) is 20.1 Å². The summed E-state index contributed by atoms with van der Waals surface area (Å²) in [5.41, 5.74) is 1.02. The zero-order chi connectivity index (χ0) is 17.7. The molecule has 0 bridgehead atoms. The summed E-state index contributed by atoms with van der Waals surface area (Å²) in [6.45, 7) is -1.52. The van der Waals surface area contributed by atoms with Crippen LogP contribution in [-0.4, -0.2) is 19.7 Å². The number of ether oxygens (including phenoxy) is 3. The van der Waals surface area contributed by atoms with E-state index in [1.165, 1.54) is 37.4 Å². The molecular weight excluding hydrogens is 325 g/mol. The van der Waals surface area contributed by atoms with Gasteiger partial charge in [0.1, 0.15) is 12.4 Å². The Morgan fingerprint density at radius 1 is 1.12 bits per heavy atom. The smallest absolute Gasteiger partial charge is 0.387 e. The van der Waals surface area contributed by atoms with Crippen molar-refractivity contribution in [1.82, 2.24) is 0 Å². The summed E-state index contributed by atoms with van der Waals surface area (Å²) < 4.78 is 52.3. The van der Waals surface area contributed by atoms with Crippen molar-refractivity contribution >= 4 is 5.97 Å². The first-order valence-electron chi connectivity index (χ1n) is 6.95. The molecule has 24 heavy (non-hydrogen) atoms. The molecule has 0 amide bonds. The summed E-state index contributed by atoms with van der Waals surface area (Å²) in [4.78, 5) is 11.9. The van der Waals surface area contributed by atoms with Crippen molar-refractivity contribution < 1.29 is 32.2 Å². The fourth-order valence-electron chi connectivity index (χ4n) is 1.95. The molecule has 0 spiro atoms. The van der Waals surface area contributed by atoms with Crippen molar-refractivity contribution in [3.05, 3.63) is 58.9 Å². The van der Waals surface area contributed by atoms with Gasteiger partial charge >= 0.3 is 12.6 Å². The lowest BCUT2D eigenvalue weighted by Gasteiger charge is -2.11. The first-order valence-corrected chi connectivity index (χ1v) is 6.95. The number of benzene rings is 2. The highest BCUT2D eigenvalue weighted by Crippen LogP contribution is 2.29. The maximum Gasteiger partial charge on any atom is 0.387 e. The summed E-state index contributed by atoms with van der Waals surface area (Å²) in [5.74, 6) is -1.23. The van der Waals surface area contributed by atoms with E-state index in [4.69, 9.17) is 9.47 Å². The monoisotopic (exact) mass is 340 g/mol. The molecule has 0 saturated carbocycles. The topological polar surface area (TPSA) is 44.8 Å². The molecule has 0 aliphatic carbocycles. The van der Waals surface area contributed by atoms with E-state index in [1.54, 1.807) is 6.92 Å². The number of carbonyl (C=O) groups excluding carboxylic acids is 1. The third-order valence-corrected chi connectivity index (χ3v) is 3.22. The van der Waals surface area contributed by atoms with Crippen molar-refractivity contribution in [2.75, 3.05) is 7.11 Å². The molecule has 0 aliphatic heterocycles. The van der Waals surface area contributed by atoms with Crippen molar-refractivity contribution in [3.8, 4) is 11.5 Å². The summed E-state index contributed by atoms with van der Waals surface area (Å²) >= 11 is 0. The van der Waals surface area contributed by atoms with E-state index in [-0.39, 0.29) is 23.7 Å². The Morgan fingerprint density at radius 3 is 2.50 bits per heavy atom. The van der Waals surface area contributed by atoms with E-state index in [0.29, 0.717) is 11.1 Å². The highest BCUT2D eigenvalue weighted by Gasteiger charge is 2.13. The predicted octanol–water partition coefficient (Wildman–Crippen LogP) is 4.10. The molecule has 0 fully saturated rings. The van der Waals surface area contributed by atoms with Gasteiger partial charge in [-0.05, 0) is 42.3 Å². The van der Waals surface area contributed by atoms with E-state index in [0.717, 1.165) is 6.07 Å². The van der Waals surface area contributed by atoms with E-state index < -0.39 is 18.4 Å². The van der Waals surface area contributed by atoms with Crippen molar-refractivity contribution in [2.24, 2.45) is 0 Å². The van der Waals surface area contributed by atoms with Gasteiger partial charge in [-0.3, -0.25) is 0 Å². The van der Waals surface area contributed by atoms with E-state index >= 15 is 0 Å². The molecule has 0 saturated heterocycles. The molecule has 7 heteroatoms. The maximum atomic E-state index is 13.5. The number of alkyl halides is 2. The number of esters is 1. The van der Waals surface area contributed by atoms with Crippen LogP contribution in [0.2, 0.25) is 0 Å². The number of rotatable bonds is 6. The average molecular weight is 340 g/mol. The van der Waals surface area contributed by atoms with Gasteiger partial charge in [-0.1, -0.05) is 12.1 Å². The normalized spacial score (nSPS) is 10.6. The molecular formula is C17H15F3O4. The first kappa shape index (κ1) is 17.7. The zero-order valence-electron chi connectivity index (χ0n) is 13.0. The highest BCUT2D eigenvalue weighted by molar-refractivity contribution is 5.89. The van der Waals surface area contributed by atoms with Crippen LogP contribution in [0.5, 0.6) is 11.5 Å². The van der Waals surface area contributed by atoms with Gasteiger partial charge in [0.15, 0.2) is 11.5 Å². The van der Waals surface area contributed by atoms with Gasteiger partial charge in [0.05, 0.1) is 12.7 Å². The zero-order valence-corrected chi connectivity index (χ0v) is 13.0. The second-order valence-electron chi connectivity index (χ2n) is 4.90. The number of hydrogen-bond acceptors (Lipinski definition) is 4. The van der Waals surface area contributed by atoms with E-state index in [2.05, 4.69) is 4.74 Å². The summed E-state index contributed by atoms with van der Waals surface area (Å²) in [7, 11) is 1.30. The molecule has 0 aromatic heterocycles. The number of halogens is 3. The van der Waals surface area contributed by atoms with Gasteiger partial charge in [-0.2, -0.15) is 8.78 Å². The van der Waals surface area contributed by atoms with Crippen molar-refractivity contribution in [1.29, 1.82) is 0 Å². The predicted molar refractivity (Wildman–Crippen MR) is 79.9 cm³/mol. The number of carbonyl (C=O) groups is 1. The van der Waals surface area contributed by atoms with Crippen molar-refractivity contribution in [3.63, 3.8) is 0 Å². The summed E-state index contributed by atoms with van der Waals surface area (Å²) in [5, 5.41) is 0. The SMILES string of the molecule is COc1cc(COC(=O)c2ccc(C)c(F)c2)ccc1OC(F)F. The number of hydrogen-bond donors (Lipinski definition) is 0. The second-order valence-corrected chi connectivity index (χ2v) is 4.90. The second kappa shape index (κ2) is 7.72.